The summed E-state index contributed by atoms with van der Waals surface area (Å²) in [5.74, 6) is 0.654. The first kappa shape index (κ1) is 25.2. The van der Waals surface area contributed by atoms with Crippen molar-refractivity contribution in [3.8, 4) is 28.6 Å². The topological polar surface area (TPSA) is 122 Å². The van der Waals surface area contributed by atoms with Gasteiger partial charge in [-0.25, -0.2) is 22.8 Å². The lowest BCUT2D eigenvalue weighted by molar-refractivity contribution is 0.391. The molecule has 0 aliphatic carbocycles. The maximum absolute atomic E-state index is 13.4. The molecular weight excluding hydrogens is 487 g/mol. The molecule has 0 radical (unpaired) electrons. The Morgan fingerprint density at radius 3 is 2.31 bits per heavy atom. The molecule has 188 valence electrons. The predicted octanol–water partition coefficient (Wildman–Crippen LogP) is 3.13. The van der Waals surface area contributed by atoms with Crippen LogP contribution in [0.1, 0.15) is 24.1 Å². The van der Waals surface area contributed by atoms with Crippen LogP contribution >= 0.6 is 0 Å². The van der Waals surface area contributed by atoms with E-state index in [1.54, 1.807) is 42.1 Å². The van der Waals surface area contributed by atoms with Crippen LogP contribution in [0.2, 0.25) is 0 Å². The fourth-order valence-corrected chi connectivity index (χ4v) is 4.95. The van der Waals surface area contributed by atoms with Crippen LogP contribution in [0.25, 0.3) is 17.1 Å². The molecule has 3 aromatic heterocycles. The van der Waals surface area contributed by atoms with Crippen molar-refractivity contribution >= 4 is 9.84 Å². The number of benzene rings is 1. The highest BCUT2D eigenvalue weighted by molar-refractivity contribution is 7.91. The second kappa shape index (κ2) is 10.4. The van der Waals surface area contributed by atoms with E-state index >= 15 is 0 Å². The maximum Gasteiger partial charge on any atom is 0.170 e. The Kier molecular flexibility index (Phi) is 7.25. The Morgan fingerprint density at radius 1 is 1.03 bits per heavy atom. The SMILES string of the molecule is COc1cccc(OC)c1-n1c(CS(=O)(=O)[C@@H](C)Cc2ncc(F)cn2)nnc1-c1cncc(C)c1. The standard InChI is InChI=1S/C24H25FN6O4S/c1-15-8-17(11-26-10-15)24-30-29-22(31(24)23-19(34-3)6-5-7-20(23)35-4)14-36(32,33)16(2)9-21-27-12-18(25)13-28-21/h5-8,10-13,16H,9,14H2,1-4H3/t16-/m0/s1. The van der Waals surface area contributed by atoms with Crippen LogP contribution in [0.15, 0.2) is 49.1 Å². The molecule has 1 atom stereocenters. The summed E-state index contributed by atoms with van der Waals surface area (Å²) >= 11 is 0. The van der Waals surface area contributed by atoms with Gasteiger partial charge in [0.05, 0.1) is 31.9 Å². The fraction of sp³-hybridized carbons (Fsp3) is 0.292. The number of aromatic nitrogens is 6. The molecule has 4 aromatic rings. The van der Waals surface area contributed by atoms with E-state index in [2.05, 4.69) is 25.1 Å². The molecule has 0 fully saturated rings. The van der Waals surface area contributed by atoms with Crippen LogP contribution < -0.4 is 9.47 Å². The van der Waals surface area contributed by atoms with Gasteiger partial charge in [0, 0.05) is 24.4 Å². The van der Waals surface area contributed by atoms with Crippen molar-refractivity contribution in [3.63, 3.8) is 0 Å². The summed E-state index contributed by atoms with van der Waals surface area (Å²) in [7, 11) is -0.739. The third-order valence-electron chi connectivity index (χ3n) is 5.58. The first-order valence-corrected chi connectivity index (χ1v) is 12.7. The molecule has 4 rings (SSSR count). The van der Waals surface area contributed by atoms with Gasteiger partial charge in [-0.05, 0) is 37.6 Å². The number of rotatable bonds is 9. The van der Waals surface area contributed by atoms with Gasteiger partial charge in [0.1, 0.15) is 28.8 Å². The monoisotopic (exact) mass is 512 g/mol. The Bertz CT molecular complexity index is 1450. The van der Waals surface area contributed by atoms with Gasteiger partial charge < -0.3 is 9.47 Å². The number of hydrogen-bond acceptors (Lipinski definition) is 9. The summed E-state index contributed by atoms with van der Waals surface area (Å²) in [6.45, 7) is 3.45. The van der Waals surface area contributed by atoms with E-state index in [0.717, 1.165) is 18.0 Å². The summed E-state index contributed by atoms with van der Waals surface area (Å²) in [6.07, 6.45) is 5.37. The largest absolute Gasteiger partial charge is 0.494 e. The van der Waals surface area contributed by atoms with Crippen LogP contribution in [0.4, 0.5) is 4.39 Å². The minimum Gasteiger partial charge on any atom is -0.494 e. The lowest BCUT2D eigenvalue weighted by Gasteiger charge is -2.18. The number of ether oxygens (including phenoxy) is 2. The number of hydrogen-bond donors (Lipinski definition) is 0. The molecule has 0 N–H and O–H groups in total. The highest BCUT2D eigenvalue weighted by Gasteiger charge is 2.29. The lowest BCUT2D eigenvalue weighted by atomic mass is 10.2. The van der Waals surface area contributed by atoms with Gasteiger partial charge in [0.15, 0.2) is 27.3 Å². The third-order valence-corrected chi connectivity index (χ3v) is 7.63. The molecule has 0 aliphatic rings. The van der Waals surface area contributed by atoms with Gasteiger partial charge in [-0.3, -0.25) is 9.55 Å². The molecule has 36 heavy (non-hydrogen) atoms. The summed E-state index contributed by atoms with van der Waals surface area (Å²) in [6, 6.07) is 7.12. The minimum atomic E-state index is -3.76. The highest BCUT2D eigenvalue weighted by atomic mass is 32.2. The quantitative estimate of drug-likeness (QED) is 0.333. The van der Waals surface area contributed by atoms with E-state index in [0.29, 0.717) is 28.6 Å². The predicted molar refractivity (Wildman–Crippen MR) is 130 cm³/mol. The Balaban J connectivity index is 1.81. The molecule has 0 saturated heterocycles. The summed E-state index contributed by atoms with van der Waals surface area (Å²) < 4.78 is 52.7. The number of pyridine rings is 1. The number of nitrogens with zero attached hydrogens (tertiary/aromatic N) is 6. The van der Waals surface area contributed by atoms with Crippen molar-refractivity contribution in [2.75, 3.05) is 14.2 Å². The van der Waals surface area contributed by atoms with E-state index in [1.165, 1.54) is 14.2 Å². The maximum atomic E-state index is 13.4. The van der Waals surface area contributed by atoms with E-state index in [1.807, 2.05) is 13.0 Å². The molecule has 0 bridgehead atoms. The first-order chi connectivity index (χ1) is 17.2. The molecule has 1 aromatic carbocycles. The van der Waals surface area contributed by atoms with Crippen LogP contribution in [0.3, 0.4) is 0 Å². The minimum absolute atomic E-state index is 0.0172. The molecule has 3 heterocycles. The summed E-state index contributed by atoms with van der Waals surface area (Å²) in [4.78, 5) is 12.0. The zero-order chi connectivity index (χ0) is 25.9. The van der Waals surface area contributed by atoms with E-state index in [4.69, 9.17) is 9.47 Å². The summed E-state index contributed by atoms with van der Waals surface area (Å²) in [5, 5.41) is 7.71. The number of halogens is 1. The number of aryl methyl sites for hydroxylation is 1. The lowest BCUT2D eigenvalue weighted by Crippen LogP contribution is -2.24. The zero-order valence-electron chi connectivity index (χ0n) is 20.2. The van der Waals surface area contributed by atoms with E-state index in [9.17, 15) is 12.8 Å². The van der Waals surface area contributed by atoms with E-state index in [-0.39, 0.29) is 18.1 Å². The van der Waals surface area contributed by atoms with Gasteiger partial charge in [-0.2, -0.15) is 0 Å². The first-order valence-electron chi connectivity index (χ1n) is 11.0. The van der Waals surface area contributed by atoms with E-state index < -0.39 is 26.7 Å². The Morgan fingerprint density at radius 2 is 1.69 bits per heavy atom. The van der Waals surface area contributed by atoms with Gasteiger partial charge in [-0.1, -0.05) is 6.07 Å². The molecule has 0 saturated carbocycles. The number of para-hydroxylation sites is 1. The van der Waals surface area contributed by atoms with Gasteiger partial charge >= 0.3 is 0 Å². The van der Waals surface area contributed by atoms with Crippen LogP contribution in [-0.2, 0) is 22.0 Å². The molecule has 0 unspecified atom stereocenters. The average molecular weight is 513 g/mol. The second-order valence-electron chi connectivity index (χ2n) is 8.18. The van der Waals surface area contributed by atoms with Crippen molar-refractivity contribution in [2.24, 2.45) is 0 Å². The molecular formula is C24H25FN6O4S. The van der Waals surface area contributed by atoms with Crippen molar-refractivity contribution < 1.29 is 22.3 Å². The smallest absolute Gasteiger partial charge is 0.170 e. The normalized spacial score (nSPS) is 12.4. The van der Waals surface area contributed by atoms with Gasteiger partial charge in [-0.15, -0.1) is 10.2 Å². The zero-order valence-corrected chi connectivity index (χ0v) is 21.0. The second-order valence-corrected chi connectivity index (χ2v) is 10.6. The molecule has 0 amide bonds. The molecule has 12 heteroatoms. The highest BCUT2D eigenvalue weighted by Crippen LogP contribution is 2.36. The van der Waals surface area contributed by atoms with Crippen LogP contribution in [0.5, 0.6) is 11.5 Å². The molecule has 10 nitrogen and oxygen atoms in total. The van der Waals surface area contributed by atoms with Crippen LogP contribution in [0, 0.1) is 12.7 Å². The third kappa shape index (κ3) is 5.18. The molecule has 0 aliphatic heterocycles. The molecule has 0 spiro atoms. The fourth-order valence-electron chi connectivity index (χ4n) is 3.71. The van der Waals surface area contributed by atoms with Crippen LogP contribution in [-0.4, -0.2) is 57.6 Å². The van der Waals surface area contributed by atoms with Crippen molar-refractivity contribution in [3.05, 3.63) is 72.1 Å². The Labute approximate surface area is 208 Å². The Hall–Kier alpha value is -3.93. The van der Waals surface area contributed by atoms with Crippen molar-refractivity contribution in [1.29, 1.82) is 0 Å². The van der Waals surface area contributed by atoms with Crippen molar-refractivity contribution in [2.45, 2.75) is 31.3 Å². The van der Waals surface area contributed by atoms with Gasteiger partial charge in [0.2, 0.25) is 0 Å². The number of sulfone groups is 1. The average Bonchev–Trinajstić information content (AvgIpc) is 3.27. The van der Waals surface area contributed by atoms with Crippen molar-refractivity contribution in [1.82, 2.24) is 29.7 Å². The number of methoxy groups -OCH3 is 2. The summed E-state index contributed by atoms with van der Waals surface area (Å²) in [5.41, 5.74) is 2.01. The van der Waals surface area contributed by atoms with Gasteiger partial charge in [0.25, 0.3) is 0 Å².